The largest absolute Gasteiger partial charge is 0.336 e. The Labute approximate surface area is 147 Å². The van der Waals surface area contributed by atoms with Gasteiger partial charge in [0.25, 0.3) is 11.6 Å². The molecular weight excluding hydrogens is 316 g/mol. The van der Waals surface area contributed by atoms with Crippen LogP contribution in [0.25, 0.3) is 11.1 Å². The summed E-state index contributed by atoms with van der Waals surface area (Å²) < 4.78 is 5.49. The lowest BCUT2D eigenvalue weighted by Gasteiger charge is -2.35. The molecule has 6 heteroatoms. The first-order chi connectivity index (χ1) is 12.2. The fourth-order valence-electron chi connectivity index (χ4n) is 3.86. The van der Waals surface area contributed by atoms with Gasteiger partial charge in [-0.3, -0.25) is 4.79 Å². The number of piperidine rings is 1. The van der Waals surface area contributed by atoms with E-state index >= 15 is 0 Å². The molecule has 2 N–H and O–H groups in total. The van der Waals surface area contributed by atoms with Gasteiger partial charge in [-0.05, 0) is 44.6 Å². The summed E-state index contributed by atoms with van der Waals surface area (Å²) in [5.74, 6) is 0.521. The van der Waals surface area contributed by atoms with Crippen molar-refractivity contribution in [3.05, 3.63) is 23.0 Å². The van der Waals surface area contributed by atoms with Crippen molar-refractivity contribution in [2.45, 2.75) is 63.8 Å². The van der Waals surface area contributed by atoms with E-state index in [-0.39, 0.29) is 11.9 Å². The van der Waals surface area contributed by atoms with Gasteiger partial charge in [0.1, 0.15) is 0 Å². The second-order valence-corrected chi connectivity index (χ2v) is 7.31. The molecule has 0 bridgehead atoms. The maximum atomic E-state index is 13.4. The van der Waals surface area contributed by atoms with Crippen molar-refractivity contribution in [3.63, 3.8) is 0 Å². The number of likely N-dealkylation sites (tertiary alicyclic amines) is 1. The van der Waals surface area contributed by atoms with E-state index in [1.165, 1.54) is 0 Å². The zero-order valence-corrected chi connectivity index (χ0v) is 14.8. The Hall–Kier alpha value is -1.95. The summed E-state index contributed by atoms with van der Waals surface area (Å²) in [7, 11) is 0. The number of pyridine rings is 1. The van der Waals surface area contributed by atoms with Gasteiger partial charge >= 0.3 is 0 Å². The van der Waals surface area contributed by atoms with E-state index in [4.69, 9.17) is 10.3 Å². The highest BCUT2D eigenvalue weighted by molar-refractivity contribution is 6.06. The average Bonchev–Trinajstić information content (AvgIpc) is 3.42. The summed E-state index contributed by atoms with van der Waals surface area (Å²) in [6.45, 7) is 3.39. The first-order valence-corrected chi connectivity index (χ1v) is 9.53. The molecule has 1 amide bonds. The zero-order valence-electron chi connectivity index (χ0n) is 14.8. The summed E-state index contributed by atoms with van der Waals surface area (Å²) in [6.07, 6.45) is 7.18. The molecule has 1 aliphatic carbocycles. The third kappa shape index (κ3) is 3.03. The molecule has 25 heavy (non-hydrogen) atoms. The molecule has 1 saturated carbocycles. The van der Waals surface area contributed by atoms with Crippen LogP contribution >= 0.6 is 0 Å². The molecule has 4 rings (SSSR count). The Bertz CT molecular complexity index is 781. The lowest BCUT2D eigenvalue weighted by molar-refractivity contribution is 0.0625. The predicted molar refractivity (Wildman–Crippen MR) is 95.5 cm³/mol. The topological polar surface area (TPSA) is 85.2 Å². The number of nitrogens with two attached hydrogens (primary N) is 1. The fraction of sp³-hybridized carbons (Fsp3) is 0.632. The molecule has 2 fully saturated rings. The maximum absolute atomic E-state index is 13.4. The first kappa shape index (κ1) is 16.5. The van der Waals surface area contributed by atoms with Gasteiger partial charge in [-0.1, -0.05) is 18.5 Å². The van der Waals surface area contributed by atoms with Crippen molar-refractivity contribution in [1.82, 2.24) is 15.0 Å². The summed E-state index contributed by atoms with van der Waals surface area (Å²) in [5, 5.41) is 5.00. The minimum Gasteiger partial charge on any atom is -0.336 e. The standard InChI is InChI=1S/C19H26N4O2/c1-2-5-15-17-14(19(24)23-9-4-3-6-13(23)11-20)10-16(12-7-8-12)21-18(17)25-22-15/h10,12-13H,2-9,11,20H2,1H3. The van der Waals surface area contributed by atoms with Crippen LogP contribution in [0.4, 0.5) is 0 Å². The number of hydrogen-bond acceptors (Lipinski definition) is 5. The van der Waals surface area contributed by atoms with E-state index in [0.717, 1.165) is 68.3 Å². The van der Waals surface area contributed by atoms with Gasteiger partial charge in [0, 0.05) is 30.7 Å². The van der Waals surface area contributed by atoms with Crippen LogP contribution in [0.15, 0.2) is 10.6 Å². The zero-order chi connectivity index (χ0) is 17.4. The summed E-state index contributed by atoms with van der Waals surface area (Å²) in [5.41, 5.74) is 8.96. The first-order valence-electron chi connectivity index (χ1n) is 9.53. The molecule has 0 spiro atoms. The molecule has 0 aromatic carbocycles. The summed E-state index contributed by atoms with van der Waals surface area (Å²) in [6, 6.07) is 2.12. The van der Waals surface area contributed by atoms with Crippen LogP contribution in [-0.4, -0.2) is 40.1 Å². The number of aromatic nitrogens is 2. The van der Waals surface area contributed by atoms with Crippen molar-refractivity contribution >= 4 is 17.0 Å². The highest BCUT2D eigenvalue weighted by Crippen LogP contribution is 2.41. The monoisotopic (exact) mass is 342 g/mol. The second-order valence-electron chi connectivity index (χ2n) is 7.31. The number of nitrogens with zero attached hydrogens (tertiary/aromatic N) is 3. The molecule has 3 heterocycles. The normalized spacial score (nSPS) is 21.0. The van der Waals surface area contributed by atoms with Crippen LogP contribution < -0.4 is 5.73 Å². The average molecular weight is 342 g/mol. The van der Waals surface area contributed by atoms with E-state index in [1.54, 1.807) is 0 Å². The smallest absolute Gasteiger partial charge is 0.259 e. The van der Waals surface area contributed by atoms with Gasteiger partial charge in [-0.25, -0.2) is 4.98 Å². The molecule has 2 aromatic rings. The van der Waals surface area contributed by atoms with Crippen LogP contribution in [-0.2, 0) is 6.42 Å². The highest BCUT2D eigenvalue weighted by Gasteiger charge is 2.32. The number of carbonyl (C=O) groups excluding carboxylic acids is 1. The maximum Gasteiger partial charge on any atom is 0.259 e. The Balaban J connectivity index is 1.80. The Morgan fingerprint density at radius 1 is 1.36 bits per heavy atom. The molecule has 1 atom stereocenters. The Kier molecular flexibility index (Phi) is 4.46. The van der Waals surface area contributed by atoms with Crippen molar-refractivity contribution < 1.29 is 9.32 Å². The molecule has 1 saturated heterocycles. The van der Waals surface area contributed by atoms with Crippen LogP contribution in [0.5, 0.6) is 0 Å². The Morgan fingerprint density at radius 3 is 2.92 bits per heavy atom. The van der Waals surface area contributed by atoms with E-state index in [1.807, 2.05) is 11.0 Å². The van der Waals surface area contributed by atoms with E-state index in [2.05, 4.69) is 17.1 Å². The summed E-state index contributed by atoms with van der Waals surface area (Å²) >= 11 is 0. The molecule has 2 aliphatic rings. The van der Waals surface area contributed by atoms with Crippen molar-refractivity contribution in [2.75, 3.05) is 13.1 Å². The van der Waals surface area contributed by atoms with E-state index in [9.17, 15) is 4.79 Å². The SMILES string of the molecule is CCCc1noc2nc(C3CC3)cc(C(=O)N3CCCCC3CN)c12. The molecular formula is C19H26N4O2. The van der Waals surface area contributed by atoms with Crippen LogP contribution in [0, 0.1) is 0 Å². The molecule has 134 valence electrons. The van der Waals surface area contributed by atoms with Gasteiger partial charge in [0.05, 0.1) is 16.6 Å². The van der Waals surface area contributed by atoms with E-state index < -0.39 is 0 Å². The molecule has 1 aliphatic heterocycles. The third-order valence-electron chi connectivity index (χ3n) is 5.41. The van der Waals surface area contributed by atoms with Crippen molar-refractivity contribution in [3.8, 4) is 0 Å². The number of hydrogen-bond donors (Lipinski definition) is 1. The van der Waals surface area contributed by atoms with Crippen LogP contribution in [0.3, 0.4) is 0 Å². The Morgan fingerprint density at radius 2 is 2.20 bits per heavy atom. The lowest BCUT2D eigenvalue weighted by Crippen LogP contribution is -2.47. The molecule has 2 aromatic heterocycles. The minimum atomic E-state index is 0.0602. The van der Waals surface area contributed by atoms with Crippen molar-refractivity contribution in [1.29, 1.82) is 0 Å². The van der Waals surface area contributed by atoms with Gasteiger partial charge in [0.2, 0.25) is 0 Å². The predicted octanol–water partition coefficient (Wildman–Crippen LogP) is 3.01. The summed E-state index contributed by atoms with van der Waals surface area (Å²) in [4.78, 5) is 20.0. The van der Waals surface area contributed by atoms with Gasteiger partial charge in [0.15, 0.2) is 0 Å². The third-order valence-corrected chi connectivity index (χ3v) is 5.41. The minimum absolute atomic E-state index is 0.0602. The molecule has 6 nitrogen and oxygen atoms in total. The van der Waals surface area contributed by atoms with Gasteiger partial charge in [-0.2, -0.15) is 0 Å². The highest BCUT2D eigenvalue weighted by atomic mass is 16.5. The van der Waals surface area contributed by atoms with E-state index in [0.29, 0.717) is 23.7 Å². The quantitative estimate of drug-likeness (QED) is 0.903. The lowest BCUT2D eigenvalue weighted by atomic mass is 9.99. The van der Waals surface area contributed by atoms with Gasteiger partial charge < -0.3 is 15.2 Å². The van der Waals surface area contributed by atoms with Crippen LogP contribution in [0.2, 0.25) is 0 Å². The number of amides is 1. The molecule has 0 radical (unpaired) electrons. The molecule has 1 unspecified atom stereocenters. The van der Waals surface area contributed by atoms with Crippen molar-refractivity contribution in [2.24, 2.45) is 5.73 Å². The number of carbonyl (C=O) groups is 1. The number of fused-ring (bicyclic) bond motifs is 1. The second kappa shape index (κ2) is 6.75. The van der Waals surface area contributed by atoms with Gasteiger partial charge in [-0.15, -0.1) is 0 Å². The number of aryl methyl sites for hydroxylation is 1. The number of rotatable bonds is 5. The fourth-order valence-corrected chi connectivity index (χ4v) is 3.86. The van der Waals surface area contributed by atoms with Crippen LogP contribution in [0.1, 0.15) is 73.1 Å².